The summed E-state index contributed by atoms with van der Waals surface area (Å²) in [5.74, 6) is 1.02. The van der Waals surface area contributed by atoms with E-state index in [1.807, 2.05) is 13.8 Å². The predicted molar refractivity (Wildman–Crippen MR) is 137 cm³/mol. The van der Waals surface area contributed by atoms with Gasteiger partial charge in [0.15, 0.2) is 11.0 Å². The third-order valence-corrected chi connectivity index (χ3v) is 7.11. The lowest BCUT2D eigenvalue weighted by molar-refractivity contribution is -0.141. The number of ether oxygens (including phenoxy) is 1. The molecular weight excluding hydrogens is 521 g/mol. The number of hydrogen-bond acceptors (Lipinski definition) is 9. The van der Waals surface area contributed by atoms with E-state index in [0.717, 1.165) is 43.2 Å². The van der Waals surface area contributed by atoms with Crippen molar-refractivity contribution < 1.29 is 17.9 Å². The third-order valence-electron chi connectivity index (χ3n) is 6.84. The Labute approximate surface area is 223 Å². The average molecular weight is 549 g/mol. The van der Waals surface area contributed by atoms with E-state index in [9.17, 15) is 13.2 Å². The van der Waals surface area contributed by atoms with Gasteiger partial charge < -0.3 is 15.0 Å². The number of nitrogens with zero attached hydrogens (tertiary/aromatic N) is 7. The predicted octanol–water partition coefficient (Wildman–Crippen LogP) is 5.06. The van der Waals surface area contributed by atoms with Crippen LogP contribution in [0.3, 0.4) is 0 Å². The minimum atomic E-state index is -4.51. The van der Waals surface area contributed by atoms with Gasteiger partial charge in [-0.25, -0.2) is 15.0 Å². The van der Waals surface area contributed by atoms with Crippen molar-refractivity contribution >= 4 is 28.9 Å². The topological polar surface area (TPSA) is 92.2 Å². The van der Waals surface area contributed by atoms with Crippen LogP contribution in [0, 0.1) is 0 Å². The Morgan fingerprint density at radius 2 is 1.84 bits per heavy atom. The first kappa shape index (κ1) is 26.4. The van der Waals surface area contributed by atoms with Crippen LogP contribution < -0.4 is 15.0 Å². The third kappa shape index (κ3) is 5.60. The van der Waals surface area contributed by atoms with Crippen molar-refractivity contribution in [2.75, 3.05) is 36.5 Å². The second kappa shape index (κ2) is 10.9. The summed E-state index contributed by atoms with van der Waals surface area (Å²) < 4.78 is 45.0. The molecule has 0 radical (unpaired) electrons. The summed E-state index contributed by atoms with van der Waals surface area (Å²) >= 11 is 6.38. The lowest BCUT2D eigenvalue weighted by Gasteiger charge is -2.41. The molecule has 0 amide bonds. The Balaban J connectivity index is 1.47. The van der Waals surface area contributed by atoms with E-state index in [4.69, 9.17) is 21.3 Å². The number of aromatic nitrogens is 5. The van der Waals surface area contributed by atoms with E-state index in [1.54, 1.807) is 6.20 Å². The van der Waals surface area contributed by atoms with Gasteiger partial charge >= 0.3 is 12.2 Å². The van der Waals surface area contributed by atoms with Gasteiger partial charge in [-0.15, -0.1) is 0 Å². The molecule has 3 aromatic rings. The molecule has 0 spiro atoms. The summed E-state index contributed by atoms with van der Waals surface area (Å²) in [5, 5.41) is 3.44. The first-order valence-electron chi connectivity index (χ1n) is 12.5. The summed E-state index contributed by atoms with van der Waals surface area (Å²) in [5.41, 5.74) is 0.977. The summed E-state index contributed by atoms with van der Waals surface area (Å²) in [7, 11) is 0. The summed E-state index contributed by atoms with van der Waals surface area (Å²) in [6, 6.07) is 2.17. The van der Waals surface area contributed by atoms with E-state index in [-0.39, 0.29) is 18.1 Å². The Kier molecular flexibility index (Phi) is 7.53. The van der Waals surface area contributed by atoms with Gasteiger partial charge in [0.2, 0.25) is 0 Å². The minimum Gasteiger partial charge on any atom is -0.462 e. The summed E-state index contributed by atoms with van der Waals surface area (Å²) in [6.07, 6.45) is 2.66. The van der Waals surface area contributed by atoms with Gasteiger partial charge in [0, 0.05) is 30.5 Å². The molecule has 0 aliphatic carbocycles. The molecule has 1 fully saturated rings. The van der Waals surface area contributed by atoms with E-state index in [1.165, 1.54) is 25.1 Å². The SMILES string of the molecule is CC1Cc2c(Nc3ccc(C(F)(F)F)nc3)nc(OCCN3CCCC3)nc2C(C)N1c1nccnc1Cl. The van der Waals surface area contributed by atoms with Gasteiger partial charge in [-0.2, -0.15) is 23.1 Å². The molecule has 9 nitrogen and oxygen atoms in total. The molecule has 0 bridgehead atoms. The Morgan fingerprint density at radius 3 is 2.53 bits per heavy atom. The second-order valence-electron chi connectivity index (χ2n) is 9.48. The van der Waals surface area contributed by atoms with Gasteiger partial charge in [-0.1, -0.05) is 11.6 Å². The van der Waals surface area contributed by atoms with Crippen LogP contribution in [-0.4, -0.2) is 62.1 Å². The molecule has 1 N–H and O–H groups in total. The van der Waals surface area contributed by atoms with Gasteiger partial charge in [0.25, 0.3) is 0 Å². The average Bonchev–Trinajstić information content (AvgIpc) is 3.39. The molecule has 38 heavy (non-hydrogen) atoms. The van der Waals surface area contributed by atoms with Crippen molar-refractivity contribution in [1.82, 2.24) is 29.8 Å². The van der Waals surface area contributed by atoms with Crippen molar-refractivity contribution in [1.29, 1.82) is 0 Å². The molecule has 1 saturated heterocycles. The number of fused-ring (bicyclic) bond motifs is 1. The number of pyridine rings is 1. The van der Waals surface area contributed by atoms with Crippen molar-refractivity contribution in [2.24, 2.45) is 0 Å². The number of hydrogen-bond donors (Lipinski definition) is 1. The highest BCUT2D eigenvalue weighted by molar-refractivity contribution is 6.31. The number of halogens is 4. The molecule has 0 saturated carbocycles. The maximum absolute atomic E-state index is 13.0. The molecule has 202 valence electrons. The molecule has 2 unspecified atom stereocenters. The molecule has 5 heterocycles. The number of rotatable bonds is 7. The highest BCUT2D eigenvalue weighted by atomic mass is 35.5. The van der Waals surface area contributed by atoms with E-state index < -0.39 is 11.9 Å². The van der Waals surface area contributed by atoms with E-state index in [0.29, 0.717) is 35.5 Å². The summed E-state index contributed by atoms with van der Waals surface area (Å²) in [6.45, 7) is 7.30. The molecule has 3 aromatic heterocycles. The van der Waals surface area contributed by atoms with Crippen LogP contribution in [0.2, 0.25) is 5.15 Å². The molecule has 2 atom stereocenters. The van der Waals surface area contributed by atoms with Crippen LogP contribution >= 0.6 is 11.6 Å². The van der Waals surface area contributed by atoms with Crippen molar-refractivity contribution in [3.63, 3.8) is 0 Å². The summed E-state index contributed by atoms with van der Waals surface area (Å²) in [4.78, 5) is 25.9. The van der Waals surface area contributed by atoms with E-state index >= 15 is 0 Å². The fraction of sp³-hybridized carbons (Fsp3) is 0.480. The largest absolute Gasteiger partial charge is 0.462 e. The van der Waals surface area contributed by atoms with E-state index in [2.05, 4.69) is 35.1 Å². The van der Waals surface area contributed by atoms with Crippen LogP contribution in [0.5, 0.6) is 6.01 Å². The lowest BCUT2D eigenvalue weighted by Crippen LogP contribution is -2.43. The van der Waals surface area contributed by atoms with Crippen molar-refractivity contribution in [3.05, 3.63) is 52.8 Å². The number of anilines is 3. The first-order valence-corrected chi connectivity index (χ1v) is 12.9. The zero-order valence-electron chi connectivity index (χ0n) is 21.0. The Bertz CT molecular complexity index is 1270. The Hall–Kier alpha value is -3.25. The molecule has 2 aliphatic heterocycles. The van der Waals surface area contributed by atoms with Gasteiger partial charge in [0.1, 0.15) is 18.1 Å². The second-order valence-corrected chi connectivity index (χ2v) is 9.84. The number of alkyl halides is 3. The van der Waals surface area contributed by atoms with Crippen LogP contribution in [0.4, 0.5) is 30.5 Å². The molecule has 0 aromatic carbocycles. The Morgan fingerprint density at radius 1 is 1.08 bits per heavy atom. The molecule has 2 aliphatic rings. The zero-order chi connectivity index (χ0) is 26.9. The maximum Gasteiger partial charge on any atom is 0.433 e. The van der Waals surface area contributed by atoms with Crippen LogP contribution in [0.15, 0.2) is 30.7 Å². The smallest absolute Gasteiger partial charge is 0.433 e. The van der Waals surface area contributed by atoms with Crippen molar-refractivity contribution in [2.45, 2.75) is 51.4 Å². The highest BCUT2D eigenvalue weighted by Gasteiger charge is 2.36. The molecule has 5 rings (SSSR count). The van der Waals surface area contributed by atoms with Crippen LogP contribution in [0.25, 0.3) is 0 Å². The maximum atomic E-state index is 13.0. The number of likely N-dealkylation sites (tertiary alicyclic amines) is 1. The minimum absolute atomic E-state index is 0.0384. The van der Waals surface area contributed by atoms with Gasteiger partial charge in [-0.05, 0) is 58.3 Å². The quantitative estimate of drug-likeness (QED) is 0.434. The standard InChI is InChI=1S/C25H28ClF3N8O/c1-15-13-18-20(16(2)37(15)23-21(26)30-7-8-31-23)34-24(38-12-11-36-9-3-4-10-36)35-22(18)33-17-5-6-19(32-14-17)25(27,28)29/h5-8,14-16H,3-4,9-13H2,1-2H3,(H,33,34,35). The lowest BCUT2D eigenvalue weighted by atomic mass is 9.93. The zero-order valence-corrected chi connectivity index (χ0v) is 21.8. The first-order chi connectivity index (χ1) is 18.2. The van der Waals surface area contributed by atoms with Gasteiger partial charge in [-0.3, -0.25) is 4.90 Å². The highest BCUT2D eigenvalue weighted by Crippen LogP contribution is 2.40. The van der Waals surface area contributed by atoms with Crippen molar-refractivity contribution in [3.8, 4) is 6.01 Å². The normalized spacial score (nSPS) is 19.9. The van der Waals surface area contributed by atoms with Crippen LogP contribution in [0.1, 0.15) is 49.7 Å². The fourth-order valence-corrected chi connectivity index (χ4v) is 5.23. The molecular formula is C25H28ClF3N8O. The fourth-order valence-electron chi connectivity index (χ4n) is 5.03. The van der Waals surface area contributed by atoms with Gasteiger partial charge in [0.05, 0.1) is 23.6 Å². The molecule has 13 heteroatoms. The number of nitrogens with one attached hydrogen (secondary N) is 1. The monoisotopic (exact) mass is 548 g/mol. The van der Waals surface area contributed by atoms with Crippen LogP contribution in [-0.2, 0) is 12.6 Å².